The topological polar surface area (TPSA) is 76.8 Å². The molecule has 2 rings (SSSR count). The van der Waals surface area contributed by atoms with Crippen molar-refractivity contribution < 1.29 is 35.8 Å². The van der Waals surface area contributed by atoms with E-state index < -0.39 is 0 Å². The molecule has 0 saturated carbocycles. The molecule has 1 aromatic carbocycles. The summed E-state index contributed by atoms with van der Waals surface area (Å²) in [6.07, 6.45) is 4.72. The van der Waals surface area contributed by atoms with Gasteiger partial charge >= 0.3 is 33.9 Å². The van der Waals surface area contributed by atoms with Gasteiger partial charge < -0.3 is 0 Å². The fourth-order valence-electron chi connectivity index (χ4n) is 1.90. The number of allylic oxidation sites excluding steroid dienone is 3. The average molecular weight is 338 g/mol. The van der Waals surface area contributed by atoms with Crippen LogP contribution in [0.3, 0.4) is 0 Å². The maximum Gasteiger partial charge on any atom is 0 e. The fourth-order valence-corrected chi connectivity index (χ4v) is 1.90. The smallest absolute Gasteiger partial charge is 0 e. The van der Waals surface area contributed by atoms with Gasteiger partial charge in [-0.3, -0.25) is 4.79 Å². The maximum absolute atomic E-state index is 11.9. The zero-order chi connectivity index (χ0) is 16.8. The molecule has 1 aliphatic rings. The largest absolute Gasteiger partial charge is 0 e. The van der Waals surface area contributed by atoms with E-state index in [1.807, 2.05) is 43.3 Å². The van der Waals surface area contributed by atoms with Gasteiger partial charge in [0.2, 0.25) is 0 Å². The molecule has 0 aromatic heterocycles. The molecule has 5 heteroatoms. The molecule has 4 nitrogen and oxygen atoms in total. The Morgan fingerprint density at radius 3 is 2.14 bits per heavy atom. The molecule has 0 amide bonds. The summed E-state index contributed by atoms with van der Waals surface area (Å²) >= 11 is 0. The van der Waals surface area contributed by atoms with Crippen LogP contribution in [-0.2, 0) is 37.4 Å². The molecule has 0 bridgehead atoms. The fraction of sp³-hybridized carbons (Fsp3) is 0.176. The third-order valence-electron chi connectivity index (χ3n) is 2.67. The third kappa shape index (κ3) is 7.78. The van der Waals surface area contributed by atoms with Gasteiger partial charge in [-0.05, 0) is 18.9 Å². The number of hydrogen-bond donors (Lipinski definition) is 0. The second-order valence-corrected chi connectivity index (χ2v) is 4.04. The van der Waals surface area contributed by atoms with Gasteiger partial charge in [0.1, 0.15) is 0 Å². The van der Waals surface area contributed by atoms with E-state index >= 15 is 0 Å². The van der Waals surface area contributed by atoms with Gasteiger partial charge in [-0.1, -0.05) is 48.6 Å². The molecule has 0 saturated heterocycles. The Kier molecular flexibility index (Phi) is 17.7. The van der Waals surface area contributed by atoms with Crippen LogP contribution in [0, 0.1) is 25.9 Å². The van der Waals surface area contributed by atoms with Crippen LogP contribution >= 0.6 is 0 Å². The normalized spacial score (nSPS) is 13.6. The van der Waals surface area contributed by atoms with Gasteiger partial charge in [-0.15, -0.1) is 0 Å². The summed E-state index contributed by atoms with van der Waals surface area (Å²) in [5.41, 5.74) is 3.03. The monoisotopic (exact) mass is 338 g/mol. The van der Waals surface area contributed by atoms with Crippen molar-refractivity contribution in [3.05, 3.63) is 79.6 Å². The Bertz CT molecular complexity index is 553. The van der Waals surface area contributed by atoms with Gasteiger partial charge in [-0.2, -0.15) is 0 Å². The van der Waals surface area contributed by atoms with Crippen LogP contribution < -0.4 is 0 Å². The molecule has 0 N–H and O–H groups in total. The van der Waals surface area contributed by atoms with E-state index in [1.165, 1.54) is 5.56 Å². The molecule has 0 fully saturated rings. The molecule has 0 heterocycles. The van der Waals surface area contributed by atoms with Crippen LogP contribution in [0.1, 0.15) is 22.8 Å². The first kappa shape index (κ1) is 25.1. The molecule has 0 radical (unpaired) electrons. The first-order valence-electron chi connectivity index (χ1n) is 5.75. The average Bonchev–Trinajstić information content (AvgIpc) is 2.88. The quantitative estimate of drug-likeness (QED) is 0.353. The number of ketones is 1. The van der Waals surface area contributed by atoms with E-state index in [-0.39, 0.29) is 28.8 Å². The Labute approximate surface area is 140 Å². The molecule has 0 spiro atoms. The zero-order valence-electron chi connectivity index (χ0n) is 11.9. The van der Waals surface area contributed by atoms with Gasteiger partial charge in [-0.25, -0.2) is 0 Å². The zero-order valence-corrected chi connectivity index (χ0v) is 13.0. The molecule has 1 unspecified atom stereocenters. The number of carbonyl (C=O) groups excluding carboxylic acids is 1. The van der Waals surface area contributed by atoms with Crippen molar-refractivity contribution in [2.24, 2.45) is 5.92 Å². The summed E-state index contributed by atoms with van der Waals surface area (Å²) < 4.78 is 22.5. The molecule has 1 aromatic rings. The second-order valence-electron chi connectivity index (χ2n) is 4.04. The number of hydrogen-bond acceptors (Lipinski definition) is 1. The maximum atomic E-state index is 11.9. The number of Topliss-reactive ketones (excluding diaryl/α,β-unsaturated/α-hetero) is 1. The van der Waals surface area contributed by atoms with Gasteiger partial charge in [0.15, 0.2) is 5.78 Å². The van der Waals surface area contributed by atoms with Crippen LogP contribution in [0.25, 0.3) is 0 Å². The Balaban J connectivity index is -0.000000463. The van der Waals surface area contributed by atoms with Gasteiger partial charge in [0, 0.05) is 28.6 Å². The minimum atomic E-state index is 0. The summed E-state index contributed by atoms with van der Waals surface area (Å²) in [4.78, 5) is 11.9. The molecule has 1 aliphatic carbocycles. The number of fused-ring (bicyclic) bond motifs is 1. The van der Waals surface area contributed by atoms with Crippen molar-refractivity contribution in [3.63, 3.8) is 0 Å². The predicted molar refractivity (Wildman–Crippen MR) is 73.7 cm³/mol. The van der Waals surface area contributed by atoms with Crippen molar-refractivity contribution in [3.8, 4) is 0 Å². The summed E-state index contributed by atoms with van der Waals surface area (Å²) in [7, 11) is 0. The summed E-state index contributed by atoms with van der Waals surface area (Å²) in [6.45, 7) is 19.2. The summed E-state index contributed by atoms with van der Waals surface area (Å²) in [6, 6.07) is 7.84. The molecular weight excluding hydrogens is 324 g/mol. The minimum Gasteiger partial charge on any atom is 0 e. The molecular formula is C17H14FeO4. The van der Waals surface area contributed by atoms with E-state index in [2.05, 4.69) is 26.5 Å². The Morgan fingerprint density at radius 2 is 1.68 bits per heavy atom. The SMILES string of the molecule is C=C(C)/C=C/C1Cc2ccccc2C1=O.[C-]#[O+].[C-]#[O+].[C-]#[O+].[Fe]. The second kappa shape index (κ2) is 15.5. The van der Waals surface area contributed by atoms with Crippen LogP contribution in [-0.4, -0.2) is 5.78 Å². The van der Waals surface area contributed by atoms with Crippen LogP contribution in [0.2, 0.25) is 0 Å². The third-order valence-corrected chi connectivity index (χ3v) is 2.67. The van der Waals surface area contributed by atoms with Gasteiger partial charge in [0.25, 0.3) is 0 Å². The van der Waals surface area contributed by atoms with Crippen LogP contribution in [0.5, 0.6) is 0 Å². The molecule has 1 atom stereocenters. The number of benzene rings is 1. The van der Waals surface area contributed by atoms with Crippen LogP contribution in [0.15, 0.2) is 48.6 Å². The standard InChI is InChI=1S/C14H14O.3CO.Fe/c1-10(2)7-8-12-9-11-5-3-4-6-13(11)14(12)15;3*1-2;/h3-8,12H,1,9H2,2H3;;;;/b8-7+;;;;. The van der Waals surface area contributed by atoms with Crippen molar-refractivity contribution in [1.82, 2.24) is 0 Å². The van der Waals surface area contributed by atoms with Crippen molar-refractivity contribution in [2.45, 2.75) is 13.3 Å². The van der Waals surface area contributed by atoms with Crippen molar-refractivity contribution in [2.75, 3.05) is 0 Å². The van der Waals surface area contributed by atoms with E-state index in [4.69, 9.17) is 14.0 Å². The van der Waals surface area contributed by atoms with Crippen molar-refractivity contribution >= 4 is 5.78 Å². The van der Waals surface area contributed by atoms with Crippen LogP contribution in [0.4, 0.5) is 0 Å². The Morgan fingerprint density at radius 1 is 1.18 bits per heavy atom. The number of carbonyl (C=O) groups is 1. The van der Waals surface area contributed by atoms with Crippen molar-refractivity contribution in [1.29, 1.82) is 0 Å². The summed E-state index contributed by atoms with van der Waals surface area (Å²) in [5.74, 6) is 0.252. The van der Waals surface area contributed by atoms with Gasteiger partial charge in [0.05, 0.1) is 0 Å². The first-order chi connectivity index (χ1) is 10.2. The molecule has 0 aliphatic heterocycles. The van der Waals surface area contributed by atoms with E-state index in [1.54, 1.807) is 0 Å². The molecule has 114 valence electrons. The van der Waals surface area contributed by atoms with E-state index in [0.29, 0.717) is 0 Å². The first-order valence-corrected chi connectivity index (χ1v) is 5.75. The minimum absolute atomic E-state index is 0. The number of rotatable bonds is 2. The van der Waals surface area contributed by atoms with E-state index in [0.717, 1.165) is 17.6 Å². The predicted octanol–water partition coefficient (Wildman–Crippen LogP) is 3.06. The Hall–Kier alpha value is -1.89. The van der Waals surface area contributed by atoms with E-state index in [9.17, 15) is 4.79 Å². The molecule has 22 heavy (non-hydrogen) atoms. The summed E-state index contributed by atoms with van der Waals surface area (Å²) in [5, 5.41) is 0.